The molecule has 0 atom stereocenters. The summed E-state index contributed by atoms with van der Waals surface area (Å²) in [6.45, 7) is 4.05. The van der Waals surface area contributed by atoms with E-state index in [0.29, 0.717) is 10.1 Å². The van der Waals surface area contributed by atoms with E-state index in [1.54, 1.807) is 10.8 Å². The number of rotatable bonds is 5. The van der Waals surface area contributed by atoms with Crippen molar-refractivity contribution in [3.63, 3.8) is 0 Å². The van der Waals surface area contributed by atoms with Gasteiger partial charge in [-0.25, -0.2) is 4.98 Å². The van der Waals surface area contributed by atoms with Crippen molar-refractivity contribution in [3.05, 3.63) is 61.8 Å². The fourth-order valence-electron chi connectivity index (χ4n) is 1.83. The molecule has 0 saturated heterocycles. The van der Waals surface area contributed by atoms with Crippen LogP contribution < -0.4 is 10.9 Å². The van der Waals surface area contributed by atoms with Gasteiger partial charge in [0.15, 0.2) is 0 Å². The maximum atomic E-state index is 11.9. The first-order valence-electron chi connectivity index (χ1n) is 6.15. The van der Waals surface area contributed by atoms with Gasteiger partial charge in [-0.05, 0) is 35.1 Å². The summed E-state index contributed by atoms with van der Waals surface area (Å²) in [4.78, 5) is 16.1. The van der Waals surface area contributed by atoms with Gasteiger partial charge in [0, 0.05) is 25.8 Å². The molecule has 2 rings (SSSR count). The minimum Gasteiger partial charge on any atom is -0.311 e. The molecule has 1 aromatic heterocycles. The zero-order valence-corrected chi connectivity index (χ0v) is 12.9. The second-order valence-corrected chi connectivity index (χ2v) is 5.43. The molecule has 0 bridgehead atoms. The molecule has 4 nitrogen and oxygen atoms in total. The minimum atomic E-state index is 0.0367. The van der Waals surface area contributed by atoms with Gasteiger partial charge in [0.25, 0.3) is 5.56 Å². The van der Waals surface area contributed by atoms with E-state index in [9.17, 15) is 4.79 Å². The van der Waals surface area contributed by atoms with Crippen LogP contribution in [0.2, 0.25) is 0 Å². The number of hydrogen-bond acceptors (Lipinski definition) is 3. The first-order chi connectivity index (χ1) is 9.18. The average Bonchev–Trinajstić information content (AvgIpc) is 2.43. The Balaban J connectivity index is 1.90. The number of hydrogen-bond donors (Lipinski definition) is 1. The first-order valence-corrected chi connectivity index (χ1v) is 7.23. The standard InChI is InChI=1S/C14H16IN3O/c1-11-17-10-13(15)14(19)18(11)8-7-16-9-12-5-3-2-4-6-12/h2-6,10,16H,7-9H2,1H3. The molecule has 1 heterocycles. The highest BCUT2D eigenvalue weighted by molar-refractivity contribution is 14.1. The lowest BCUT2D eigenvalue weighted by atomic mass is 10.2. The van der Waals surface area contributed by atoms with Crippen LogP contribution in [0.1, 0.15) is 11.4 Å². The second-order valence-electron chi connectivity index (χ2n) is 4.27. The van der Waals surface area contributed by atoms with Crippen molar-refractivity contribution in [1.82, 2.24) is 14.9 Å². The molecular formula is C14H16IN3O. The van der Waals surface area contributed by atoms with E-state index in [4.69, 9.17) is 0 Å². The number of nitrogens with zero attached hydrogens (tertiary/aromatic N) is 2. The molecule has 0 saturated carbocycles. The van der Waals surface area contributed by atoms with E-state index in [1.807, 2.05) is 47.7 Å². The molecule has 0 aliphatic carbocycles. The highest BCUT2D eigenvalue weighted by Gasteiger charge is 2.04. The monoisotopic (exact) mass is 369 g/mol. The van der Waals surface area contributed by atoms with Crippen LogP contribution in [0.25, 0.3) is 0 Å². The van der Waals surface area contributed by atoms with Crippen LogP contribution in [0.5, 0.6) is 0 Å². The molecule has 1 N–H and O–H groups in total. The van der Waals surface area contributed by atoms with E-state index in [1.165, 1.54) is 5.56 Å². The first kappa shape index (κ1) is 14.2. The molecule has 0 amide bonds. The van der Waals surface area contributed by atoms with E-state index >= 15 is 0 Å². The lowest BCUT2D eigenvalue weighted by Crippen LogP contribution is -2.30. The zero-order valence-electron chi connectivity index (χ0n) is 10.8. The average molecular weight is 369 g/mol. The van der Waals surface area contributed by atoms with Crippen molar-refractivity contribution in [2.45, 2.75) is 20.0 Å². The van der Waals surface area contributed by atoms with Crippen LogP contribution in [0.3, 0.4) is 0 Å². The fraction of sp³-hybridized carbons (Fsp3) is 0.286. The Morgan fingerprint density at radius 3 is 2.79 bits per heavy atom. The summed E-state index contributed by atoms with van der Waals surface area (Å²) >= 11 is 2.02. The Morgan fingerprint density at radius 1 is 1.32 bits per heavy atom. The second kappa shape index (κ2) is 6.81. The number of nitrogens with one attached hydrogen (secondary N) is 1. The highest BCUT2D eigenvalue weighted by Crippen LogP contribution is 1.98. The van der Waals surface area contributed by atoms with Gasteiger partial charge in [0.05, 0.1) is 3.57 Å². The lowest BCUT2D eigenvalue weighted by Gasteiger charge is -2.10. The number of halogens is 1. The van der Waals surface area contributed by atoms with Crippen LogP contribution in [0.4, 0.5) is 0 Å². The van der Waals surface area contributed by atoms with Gasteiger partial charge >= 0.3 is 0 Å². The molecule has 5 heteroatoms. The van der Waals surface area contributed by atoms with Gasteiger partial charge in [-0.1, -0.05) is 30.3 Å². The summed E-state index contributed by atoms with van der Waals surface area (Å²) in [6, 6.07) is 10.2. The number of aryl methyl sites for hydroxylation is 1. The quantitative estimate of drug-likeness (QED) is 0.648. The third-order valence-corrected chi connectivity index (χ3v) is 3.63. The van der Waals surface area contributed by atoms with Crippen molar-refractivity contribution >= 4 is 22.6 Å². The summed E-state index contributed by atoms with van der Waals surface area (Å²) in [7, 11) is 0. The largest absolute Gasteiger partial charge is 0.311 e. The Bertz CT molecular complexity index is 595. The highest BCUT2D eigenvalue weighted by atomic mass is 127. The van der Waals surface area contributed by atoms with Gasteiger partial charge in [0.2, 0.25) is 0 Å². The smallest absolute Gasteiger partial charge is 0.266 e. The van der Waals surface area contributed by atoms with Gasteiger partial charge in [0.1, 0.15) is 5.82 Å². The van der Waals surface area contributed by atoms with E-state index in [2.05, 4.69) is 22.4 Å². The Labute approximate surface area is 126 Å². The summed E-state index contributed by atoms with van der Waals surface area (Å²) < 4.78 is 2.37. The van der Waals surface area contributed by atoms with Gasteiger partial charge in [-0.15, -0.1) is 0 Å². The summed E-state index contributed by atoms with van der Waals surface area (Å²) in [5, 5.41) is 3.33. The normalized spacial score (nSPS) is 10.6. The topological polar surface area (TPSA) is 46.9 Å². The van der Waals surface area contributed by atoms with Crippen LogP contribution >= 0.6 is 22.6 Å². The summed E-state index contributed by atoms with van der Waals surface area (Å²) in [5.74, 6) is 0.756. The van der Waals surface area contributed by atoms with Crippen LogP contribution in [0.15, 0.2) is 41.3 Å². The molecule has 0 aliphatic rings. The van der Waals surface area contributed by atoms with Crippen molar-refractivity contribution in [2.75, 3.05) is 6.54 Å². The molecular weight excluding hydrogens is 353 g/mol. The predicted octanol–water partition coefficient (Wildman–Crippen LogP) is 1.95. The van der Waals surface area contributed by atoms with Crippen molar-refractivity contribution in [2.24, 2.45) is 0 Å². The Morgan fingerprint density at radius 2 is 2.05 bits per heavy atom. The number of benzene rings is 1. The number of aromatic nitrogens is 2. The van der Waals surface area contributed by atoms with Gasteiger partial charge < -0.3 is 5.32 Å². The molecule has 0 fully saturated rings. The summed E-state index contributed by atoms with van der Waals surface area (Å²) in [5.41, 5.74) is 1.28. The van der Waals surface area contributed by atoms with Crippen LogP contribution in [-0.2, 0) is 13.1 Å². The van der Waals surface area contributed by atoms with E-state index in [0.717, 1.165) is 18.9 Å². The van der Waals surface area contributed by atoms with Crippen LogP contribution in [-0.4, -0.2) is 16.1 Å². The molecule has 2 aromatic rings. The van der Waals surface area contributed by atoms with E-state index < -0.39 is 0 Å². The molecule has 1 aromatic carbocycles. The predicted molar refractivity (Wildman–Crippen MR) is 84.1 cm³/mol. The van der Waals surface area contributed by atoms with Gasteiger partial charge in [-0.2, -0.15) is 0 Å². The molecule has 0 unspecified atom stereocenters. The molecule has 0 radical (unpaired) electrons. The van der Waals surface area contributed by atoms with Crippen molar-refractivity contribution in [3.8, 4) is 0 Å². The van der Waals surface area contributed by atoms with E-state index in [-0.39, 0.29) is 5.56 Å². The lowest BCUT2D eigenvalue weighted by molar-refractivity contribution is 0.563. The fourth-order valence-corrected chi connectivity index (χ4v) is 2.26. The Hall–Kier alpha value is -1.21. The van der Waals surface area contributed by atoms with Crippen LogP contribution in [0, 0.1) is 10.5 Å². The minimum absolute atomic E-state index is 0.0367. The van der Waals surface area contributed by atoms with Gasteiger partial charge in [-0.3, -0.25) is 9.36 Å². The maximum absolute atomic E-state index is 11.9. The molecule has 100 valence electrons. The third-order valence-electron chi connectivity index (χ3n) is 2.89. The Kier molecular flexibility index (Phi) is 5.09. The molecule has 19 heavy (non-hydrogen) atoms. The maximum Gasteiger partial charge on any atom is 0.266 e. The molecule has 0 aliphatic heterocycles. The summed E-state index contributed by atoms with van der Waals surface area (Å²) in [6.07, 6.45) is 1.62. The molecule has 0 spiro atoms. The van der Waals surface area contributed by atoms with Crippen molar-refractivity contribution in [1.29, 1.82) is 0 Å². The van der Waals surface area contributed by atoms with Crippen molar-refractivity contribution < 1.29 is 0 Å². The SMILES string of the molecule is Cc1ncc(I)c(=O)n1CCNCc1ccccc1. The zero-order chi connectivity index (χ0) is 13.7. The third kappa shape index (κ3) is 3.87.